The van der Waals surface area contributed by atoms with E-state index in [1.54, 1.807) is 16.9 Å². The predicted octanol–water partition coefficient (Wildman–Crippen LogP) is 2.82. The molecule has 3 aromatic rings. The Hall–Kier alpha value is -3.26. The third kappa shape index (κ3) is 4.27. The first-order valence-corrected chi connectivity index (χ1v) is 9.31. The van der Waals surface area contributed by atoms with Gasteiger partial charge in [-0.1, -0.05) is 29.8 Å². The van der Waals surface area contributed by atoms with E-state index in [9.17, 15) is 9.59 Å². The van der Waals surface area contributed by atoms with Gasteiger partial charge in [0.2, 0.25) is 0 Å². The molecule has 1 aromatic carbocycles. The maximum Gasteiger partial charge on any atom is 0.334 e. The summed E-state index contributed by atoms with van der Waals surface area (Å²) < 4.78 is 6.65. The molecule has 0 fully saturated rings. The number of carbonyl (C=O) groups is 2. The number of nitrogens with zero attached hydrogens (tertiary/aromatic N) is 3. The summed E-state index contributed by atoms with van der Waals surface area (Å²) in [5.74, 6) is -1.54. The number of carbonyl (C=O) groups excluding carboxylic acids is 1. The molecule has 1 unspecified atom stereocenters. The first-order chi connectivity index (χ1) is 13.8. The SMILES string of the molecule is COC(CNC(=O)c1cc(-c2ccc(C)cc2)nc2c1cnn2C(C)C)C(=O)O. The van der Waals surface area contributed by atoms with Gasteiger partial charge in [-0.05, 0) is 26.8 Å². The van der Waals surface area contributed by atoms with Crippen LogP contribution in [0.15, 0.2) is 36.5 Å². The molecule has 152 valence electrons. The smallest absolute Gasteiger partial charge is 0.334 e. The van der Waals surface area contributed by atoms with Crippen LogP contribution in [0.1, 0.15) is 35.8 Å². The lowest BCUT2D eigenvalue weighted by molar-refractivity contribution is -0.148. The van der Waals surface area contributed by atoms with Crippen molar-refractivity contribution in [3.8, 4) is 11.3 Å². The lowest BCUT2D eigenvalue weighted by Crippen LogP contribution is -2.37. The number of ether oxygens (including phenoxy) is 1. The van der Waals surface area contributed by atoms with Crippen molar-refractivity contribution >= 4 is 22.9 Å². The summed E-state index contributed by atoms with van der Waals surface area (Å²) >= 11 is 0. The molecule has 1 amide bonds. The van der Waals surface area contributed by atoms with Gasteiger partial charge in [-0.15, -0.1) is 0 Å². The fraction of sp³-hybridized carbons (Fsp3) is 0.333. The van der Waals surface area contributed by atoms with Crippen LogP contribution in [0.3, 0.4) is 0 Å². The number of methoxy groups -OCH3 is 1. The predicted molar refractivity (Wildman–Crippen MR) is 109 cm³/mol. The van der Waals surface area contributed by atoms with Crippen molar-refractivity contribution in [2.75, 3.05) is 13.7 Å². The largest absolute Gasteiger partial charge is 0.479 e. The zero-order valence-electron chi connectivity index (χ0n) is 16.8. The number of carboxylic acid groups (broad SMARTS) is 1. The molecule has 0 aliphatic carbocycles. The van der Waals surface area contributed by atoms with Gasteiger partial charge in [0, 0.05) is 18.7 Å². The summed E-state index contributed by atoms with van der Waals surface area (Å²) in [4.78, 5) is 28.8. The number of aryl methyl sites for hydroxylation is 1. The molecule has 2 aromatic heterocycles. The van der Waals surface area contributed by atoms with Crippen LogP contribution in [0.5, 0.6) is 0 Å². The highest BCUT2D eigenvalue weighted by molar-refractivity contribution is 6.06. The molecule has 0 spiro atoms. The van der Waals surface area contributed by atoms with E-state index in [4.69, 9.17) is 14.8 Å². The summed E-state index contributed by atoms with van der Waals surface area (Å²) in [6, 6.07) is 9.64. The fourth-order valence-electron chi connectivity index (χ4n) is 3.01. The van der Waals surface area contributed by atoms with Crippen LogP contribution in [0.25, 0.3) is 22.3 Å². The average Bonchev–Trinajstić information content (AvgIpc) is 3.12. The molecule has 0 saturated heterocycles. The van der Waals surface area contributed by atoms with Gasteiger partial charge in [-0.25, -0.2) is 14.5 Å². The van der Waals surface area contributed by atoms with Crippen molar-refractivity contribution in [2.45, 2.75) is 32.9 Å². The quantitative estimate of drug-likeness (QED) is 0.636. The Labute approximate surface area is 168 Å². The molecule has 3 rings (SSSR count). The minimum Gasteiger partial charge on any atom is -0.479 e. The van der Waals surface area contributed by atoms with Crippen LogP contribution in [-0.2, 0) is 9.53 Å². The van der Waals surface area contributed by atoms with Gasteiger partial charge >= 0.3 is 5.97 Å². The number of fused-ring (bicyclic) bond motifs is 1. The second kappa shape index (κ2) is 8.40. The highest BCUT2D eigenvalue weighted by Gasteiger charge is 2.21. The summed E-state index contributed by atoms with van der Waals surface area (Å²) in [5.41, 5.74) is 3.64. The molecule has 0 aliphatic heterocycles. The third-order valence-electron chi connectivity index (χ3n) is 4.66. The average molecular weight is 396 g/mol. The number of hydrogen-bond acceptors (Lipinski definition) is 5. The second-order valence-electron chi connectivity index (χ2n) is 7.11. The molecule has 1 atom stereocenters. The van der Waals surface area contributed by atoms with Gasteiger partial charge in [0.15, 0.2) is 11.8 Å². The Morgan fingerprint density at radius 3 is 2.52 bits per heavy atom. The van der Waals surface area contributed by atoms with E-state index < -0.39 is 18.0 Å². The lowest BCUT2D eigenvalue weighted by Gasteiger charge is -2.13. The maximum absolute atomic E-state index is 12.9. The van der Waals surface area contributed by atoms with E-state index >= 15 is 0 Å². The van der Waals surface area contributed by atoms with Gasteiger partial charge in [-0.3, -0.25) is 4.79 Å². The van der Waals surface area contributed by atoms with E-state index in [-0.39, 0.29) is 12.6 Å². The number of hydrogen-bond donors (Lipinski definition) is 2. The number of pyridine rings is 1. The number of nitrogens with one attached hydrogen (secondary N) is 1. The molecule has 2 heterocycles. The third-order valence-corrected chi connectivity index (χ3v) is 4.66. The van der Waals surface area contributed by atoms with Crippen LogP contribution < -0.4 is 5.32 Å². The Bertz CT molecular complexity index is 1040. The van der Waals surface area contributed by atoms with Crippen LogP contribution in [-0.4, -0.2) is 51.5 Å². The Morgan fingerprint density at radius 2 is 1.93 bits per heavy atom. The van der Waals surface area contributed by atoms with Gasteiger partial charge in [0.25, 0.3) is 5.91 Å². The number of aromatic nitrogens is 3. The van der Waals surface area contributed by atoms with Crippen molar-refractivity contribution in [3.63, 3.8) is 0 Å². The van der Waals surface area contributed by atoms with Crippen LogP contribution in [0.2, 0.25) is 0 Å². The zero-order chi connectivity index (χ0) is 21.1. The van der Waals surface area contributed by atoms with Crippen LogP contribution in [0.4, 0.5) is 0 Å². The van der Waals surface area contributed by atoms with Crippen LogP contribution >= 0.6 is 0 Å². The summed E-state index contributed by atoms with van der Waals surface area (Å²) in [5, 5.41) is 16.7. The van der Waals surface area contributed by atoms with E-state index in [0.717, 1.165) is 11.1 Å². The molecule has 0 bridgehead atoms. The first kappa shape index (κ1) is 20.5. The van der Waals surface area contributed by atoms with Crippen molar-refractivity contribution in [1.29, 1.82) is 0 Å². The Kier molecular flexibility index (Phi) is 5.93. The number of benzene rings is 1. The van der Waals surface area contributed by atoms with E-state index in [1.807, 2.05) is 45.0 Å². The Morgan fingerprint density at radius 1 is 1.24 bits per heavy atom. The molecule has 8 nitrogen and oxygen atoms in total. The van der Waals surface area contributed by atoms with Crippen molar-refractivity contribution in [2.24, 2.45) is 0 Å². The number of amides is 1. The molecule has 0 radical (unpaired) electrons. The summed E-state index contributed by atoms with van der Waals surface area (Å²) in [6.07, 6.45) is 0.493. The number of aliphatic carboxylic acids is 1. The fourth-order valence-corrected chi connectivity index (χ4v) is 3.01. The van der Waals surface area contributed by atoms with E-state index in [2.05, 4.69) is 10.4 Å². The van der Waals surface area contributed by atoms with Crippen molar-refractivity contribution in [1.82, 2.24) is 20.1 Å². The zero-order valence-corrected chi connectivity index (χ0v) is 16.8. The minimum atomic E-state index is -1.14. The second-order valence-corrected chi connectivity index (χ2v) is 7.11. The number of carboxylic acids is 1. The van der Waals surface area contributed by atoms with E-state index in [1.165, 1.54) is 7.11 Å². The molecule has 0 aliphatic rings. The molecule has 29 heavy (non-hydrogen) atoms. The highest BCUT2D eigenvalue weighted by Crippen LogP contribution is 2.26. The topological polar surface area (TPSA) is 106 Å². The van der Waals surface area contributed by atoms with Crippen molar-refractivity contribution < 1.29 is 19.4 Å². The van der Waals surface area contributed by atoms with E-state index in [0.29, 0.717) is 22.3 Å². The van der Waals surface area contributed by atoms with Crippen LogP contribution in [0, 0.1) is 6.92 Å². The van der Waals surface area contributed by atoms with Gasteiger partial charge in [0.1, 0.15) is 0 Å². The molecule has 2 N–H and O–H groups in total. The number of rotatable bonds is 7. The molecule has 8 heteroatoms. The summed E-state index contributed by atoms with van der Waals surface area (Å²) in [7, 11) is 1.29. The minimum absolute atomic E-state index is 0.0639. The highest BCUT2D eigenvalue weighted by atomic mass is 16.5. The lowest BCUT2D eigenvalue weighted by atomic mass is 10.0. The molecular formula is C21H24N4O4. The monoisotopic (exact) mass is 396 g/mol. The van der Waals surface area contributed by atoms with Gasteiger partial charge in [-0.2, -0.15) is 5.10 Å². The first-order valence-electron chi connectivity index (χ1n) is 9.31. The van der Waals surface area contributed by atoms with Crippen molar-refractivity contribution in [3.05, 3.63) is 47.7 Å². The normalized spacial score (nSPS) is 12.3. The molecule has 0 saturated carbocycles. The standard InChI is InChI=1S/C21H24N4O4/c1-12(2)25-19-16(10-23-25)15(20(26)22-11-18(29-4)21(27)28)9-17(24-19)14-7-5-13(3)6-8-14/h5-10,12,18H,11H2,1-4H3,(H,22,26)(H,27,28). The summed E-state index contributed by atoms with van der Waals surface area (Å²) in [6.45, 7) is 5.83. The van der Waals surface area contributed by atoms with Gasteiger partial charge in [0.05, 0.1) is 29.4 Å². The maximum atomic E-state index is 12.9. The van der Waals surface area contributed by atoms with Gasteiger partial charge < -0.3 is 15.2 Å². The Balaban J connectivity index is 2.06. The molecular weight excluding hydrogens is 372 g/mol.